The maximum absolute atomic E-state index is 10.8. The van der Waals surface area contributed by atoms with Crippen molar-refractivity contribution in [3.63, 3.8) is 0 Å². The largest absolute Gasteiger partial charge is 0.496 e. The molecule has 0 aromatic heterocycles. The van der Waals surface area contributed by atoms with Crippen molar-refractivity contribution in [1.82, 2.24) is 0 Å². The third kappa shape index (κ3) is 1.92. The summed E-state index contributed by atoms with van der Waals surface area (Å²) in [6.45, 7) is 5.98. The molecule has 0 radical (unpaired) electrons. The molecule has 0 bridgehead atoms. The van der Waals surface area contributed by atoms with E-state index in [0.29, 0.717) is 6.42 Å². The van der Waals surface area contributed by atoms with Crippen molar-refractivity contribution in [3.8, 4) is 11.5 Å². The summed E-state index contributed by atoms with van der Waals surface area (Å²) in [6.07, 6.45) is 0.418. The van der Waals surface area contributed by atoms with Gasteiger partial charge in [-0.25, -0.2) is 0 Å². The van der Waals surface area contributed by atoms with E-state index in [9.17, 15) is 4.79 Å². The van der Waals surface area contributed by atoms with Crippen LogP contribution in [0.25, 0.3) is 0 Å². The van der Waals surface area contributed by atoms with Crippen LogP contribution in [0.15, 0.2) is 0 Å². The first-order valence-corrected chi connectivity index (χ1v) is 6.00. The number of carboxylic acids is 1. The van der Waals surface area contributed by atoms with E-state index in [-0.39, 0.29) is 12.5 Å². The lowest BCUT2D eigenvalue weighted by Gasteiger charge is -2.15. The summed E-state index contributed by atoms with van der Waals surface area (Å²) in [5.74, 6) is 0.898. The molecule has 0 saturated heterocycles. The predicted molar refractivity (Wildman–Crippen MR) is 67.6 cm³/mol. The fourth-order valence-electron chi connectivity index (χ4n) is 2.61. The molecule has 1 atom stereocenters. The van der Waals surface area contributed by atoms with E-state index in [0.717, 1.165) is 33.8 Å². The van der Waals surface area contributed by atoms with Gasteiger partial charge in [-0.05, 0) is 37.5 Å². The Hall–Kier alpha value is -1.71. The summed E-state index contributed by atoms with van der Waals surface area (Å²) in [5, 5.41) is 8.84. The number of fused-ring (bicyclic) bond motifs is 1. The van der Waals surface area contributed by atoms with E-state index in [2.05, 4.69) is 0 Å². The van der Waals surface area contributed by atoms with Gasteiger partial charge in [0.25, 0.3) is 0 Å². The Morgan fingerprint density at radius 3 is 2.56 bits per heavy atom. The van der Waals surface area contributed by atoms with Crippen LogP contribution in [0.3, 0.4) is 0 Å². The van der Waals surface area contributed by atoms with Gasteiger partial charge in [-0.2, -0.15) is 0 Å². The first kappa shape index (κ1) is 12.7. The van der Waals surface area contributed by atoms with Gasteiger partial charge in [0.05, 0.1) is 13.5 Å². The van der Waals surface area contributed by atoms with Crippen molar-refractivity contribution in [1.29, 1.82) is 0 Å². The maximum atomic E-state index is 10.8. The Balaban J connectivity index is 2.43. The maximum Gasteiger partial charge on any atom is 0.307 e. The van der Waals surface area contributed by atoms with E-state index in [1.54, 1.807) is 7.11 Å². The first-order chi connectivity index (χ1) is 8.45. The Labute approximate surface area is 107 Å². The lowest BCUT2D eigenvalue weighted by atomic mass is 9.95. The number of rotatable bonds is 3. The van der Waals surface area contributed by atoms with Crippen molar-refractivity contribution in [3.05, 3.63) is 22.3 Å². The van der Waals surface area contributed by atoms with Gasteiger partial charge in [-0.1, -0.05) is 0 Å². The minimum atomic E-state index is -0.827. The van der Waals surface area contributed by atoms with Crippen LogP contribution in [0, 0.1) is 20.8 Å². The zero-order valence-electron chi connectivity index (χ0n) is 11.2. The highest BCUT2D eigenvalue weighted by molar-refractivity contribution is 5.68. The minimum absolute atomic E-state index is 0.0366. The average Bonchev–Trinajstić information content (AvgIpc) is 2.70. The van der Waals surface area contributed by atoms with Crippen LogP contribution in [-0.4, -0.2) is 24.3 Å². The van der Waals surface area contributed by atoms with Crippen molar-refractivity contribution < 1.29 is 19.4 Å². The van der Waals surface area contributed by atoms with Crippen molar-refractivity contribution >= 4 is 5.97 Å². The van der Waals surface area contributed by atoms with Crippen molar-refractivity contribution in [2.45, 2.75) is 39.7 Å². The second kappa shape index (κ2) is 4.52. The zero-order valence-corrected chi connectivity index (χ0v) is 11.2. The third-order valence-electron chi connectivity index (χ3n) is 3.63. The quantitative estimate of drug-likeness (QED) is 0.895. The summed E-state index contributed by atoms with van der Waals surface area (Å²) >= 11 is 0. The summed E-state index contributed by atoms with van der Waals surface area (Å²) in [7, 11) is 1.66. The molecule has 0 fully saturated rings. The van der Waals surface area contributed by atoms with Crippen molar-refractivity contribution in [2.24, 2.45) is 0 Å². The Kier molecular flexibility index (Phi) is 3.20. The smallest absolute Gasteiger partial charge is 0.307 e. The van der Waals surface area contributed by atoms with Crippen LogP contribution in [0.4, 0.5) is 0 Å². The fraction of sp³-hybridized carbons (Fsp3) is 0.500. The van der Waals surface area contributed by atoms with Gasteiger partial charge in [-0.15, -0.1) is 0 Å². The Morgan fingerprint density at radius 1 is 1.33 bits per heavy atom. The number of hydrogen-bond acceptors (Lipinski definition) is 3. The summed E-state index contributed by atoms with van der Waals surface area (Å²) in [6, 6.07) is 0. The molecule has 0 spiro atoms. The molecule has 4 nitrogen and oxygen atoms in total. The molecule has 98 valence electrons. The van der Waals surface area contributed by atoms with Crippen molar-refractivity contribution in [2.75, 3.05) is 7.11 Å². The van der Waals surface area contributed by atoms with E-state index >= 15 is 0 Å². The number of benzene rings is 1. The molecule has 0 unspecified atom stereocenters. The molecular formula is C14H18O4. The number of hydrogen-bond donors (Lipinski definition) is 1. The molecule has 18 heavy (non-hydrogen) atoms. The number of carbonyl (C=O) groups is 1. The van der Waals surface area contributed by atoms with Crippen LogP contribution in [0.1, 0.15) is 28.7 Å². The molecule has 1 heterocycles. The Morgan fingerprint density at radius 2 is 2.00 bits per heavy atom. The molecule has 1 N–H and O–H groups in total. The summed E-state index contributed by atoms with van der Waals surface area (Å²) < 4.78 is 11.2. The van der Waals surface area contributed by atoms with E-state index in [1.165, 1.54) is 0 Å². The first-order valence-electron chi connectivity index (χ1n) is 6.00. The van der Waals surface area contributed by atoms with E-state index in [1.807, 2.05) is 20.8 Å². The van der Waals surface area contributed by atoms with Gasteiger partial charge >= 0.3 is 5.97 Å². The van der Waals surface area contributed by atoms with Crippen LogP contribution in [0.5, 0.6) is 11.5 Å². The second-order valence-electron chi connectivity index (χ2n) is 4.76. The fourth-order valence-corrected chi connectivity index (χ4v) is 2.61. The van der Waals surface area contributed by atoms with Gasteiger partial charge in [-0.3, -0.25) is 4.79 Å². The third-order valence-corrected chi connectivity index (χ3v) is 3.63. The molecule has 1 aliphatic rings. The zero-order chi connectivity index (χ0) is 13.4. The number of ether oxygens (including phenoxy) is 2. The monoisotopic (exact) mass is 250 g/mol. The van der Waals surface area contributed by atoms with Crippen LogP contribution >= 0.6 is 0 Å². The lowest BCUT2D eigenvalue weighted by molar-refractivity contribution is -0.138. The van der Waals surface area contributed by atoms with Crippen LogP contribution in [-0.2, 0) is 11.2 Å². The SMILES string of the molecule is COc1c(C)c(C)c2c(c1C)C[C@H](CC(=O)O)O2. The van der Waals surface area contributed by atoms with Gasteiger partial charge in [0.2, 0.25) is 0 Å². The molecule has 0 aliphatic carbocycles. The lowest BCUT2D eigenvalue weighted by Crippen LogP contribution is -2.17. The summed E-state index contributed by atoms with van der Waals surface area (Å²) in [5.41, 5.74) is 4.25. The second-order valence-corrected chi connectivity index (χ2v) is 4.76. The standard InChI is InChI=1S/C14H18O4/c1-7-8(2)14-11(9(3)13(7)17-4)5-10(18-14)6-12(15)16/h10H,5-6H2,1-4H3,(H,15,16)/t10-/m1/s1. The van der Waals surface area contributed by atoms with E-state index < -0.39 is 5.97 Å². The molecule has 0 saturated carbocycles. The molecule has 4 heteroatoms. The Bertz CT molecular complexity index is 505. The van der Waals surface area contributed by atoms with Crippen LogP contribution < -0.4 is 9.47 Å². The molecule has 2 rings (SSSR count). The minimum Gasteiger partial charge on any atom is -0.496 e. The van der Waals surface area contributed by atoms with E-state index in [4.69, 9.17) is 14.6 Å². The highest BCUT2D eigenvalue weighted by Gasteiger charge is 2.30. The van der Waals surface area contributed by atoms with Crippen LogP contribution in [0.2, 0.25) is 0 Å². The normalized spacial score (nSPS) is 17.2. The highest BCUT2D eigenvalue weighted by Crippen LogP contribution is 2.42. The highest BCUT2D eigenvalue weighted by atomic mass is 16.5. The molecular weight excluding hydrogens is 232 g/mol. The number of carboxylic acid groups (broad SMARTS) is 1. The van der Waals surface area contributed by atoms with Gasteiger partial charge in [0.1, 0.15) is 17.6 Å². The molecule has 1 aliphatic heterocycles. The molecule has 1 aromatic rings. The molecule has 0 amide bonds. The number of methoxy groups -OCH3 is 1. The molecule has 1 aromatic carbocycles. The summed E-state index contributed by atoms with van der Waals surface area (Å²) in [4.78, 5) is 10.8. The number of aliphatic carboxylic acids is 1. The topological polar surface area (TPSA) is 55.8 Å². The average molecular weight is 250 g/mol. The van der Waals surface area contributed by atoms with Gasteiger partial charge in [0.15, 0.2) is 0 Å². The van der Waals surface area contributed by atoms with Gasteiger partial charge < -0.3 is 14.6 Å². The van der Waals surface area contributed by atoms with Gasteiger partial charge in [0, 0.05) is 12.0 Å². The predicted octanol–water partition coefficient (Wildman–Crippen LogP) is 2.40.